The van der Waals surface area contributed by atoms with Crippen molar-refractivity contribution in [1.29, 1.82) is 0 Å². The van der Waals surface area contributed by atoms with Crippen LogP contribution >= 0.6 is 11.8 Å². The molecule has 1 amide bonds. The van der Waals surface area contributed by atoms with Crippen molar-refractivity contribution in [2.45, 2.75) is 56.8 Å². The van der Waals surface area contributed by atoms with Gasteiger partial charge in [0.25, 0.3) is 0 Å². The Bertz CT molecular complexity index is 436. The number of carbonyl (C=O) groups excluding carboxylic acids is 1. The van der Waals surface area contributed by atoms with Gasteiger partial charge in [-0.2, -0.15) is 11.8 Å². The Kier molecular flexibility index (Phi) is 4.15. The summed E-state index contributed by atoms with van der Waals surface area (Å²) in [6.07, 6.45) is 2.55. The number of hydrogen-bond acceptors (Lipinski definition) is 5. The summed E-state index contributed by atoms with van der Waals surface area (Å²) in [5.74, 6) is 2.41. The van der Waals surface area contributed by atoms with Crippen molar-refractivity contribution < 1.29 is 19.4 Å². The van der Waals surface area contributed by atoms with Crippen LogP contribution < -0.4 is 0 Å². The Morgan fingerprint density at radius 1 is 1.41 bits per heavy atom. The van der Waals surface area contributed by atoms with E-state index in [2.05, 4.69) is 0 Å². The highest BCUT2D eigenvalue weighted by Gasteiger charge is 2.54. The molecule has 0 aromatic rings. The number of hydrogen-bond donors (Lipinski definition) is 1. The second-order valence-corrected chi connectivity index (χ2v) is 9.07. The molecule has 6 heteroatoms. The summed E-state index contributed by atoms with van der Waals surface area (Å²) in [7, 11) is 0. The molecule has 0 aromatic carbocycles. The first-order valence-corrected chi connectivity index (χ1v) is 9.29. The number of aliphatic hydroxyl groups is 1. The number of rotatable bonds is 1. The van der Waals surface area contributed by atoms with Crippen LogP contribution in [-0.2, 0) is 9.47 Å². The third-order valence-corrected chi connectivity index (χ3v) is 6.12. The highest BCUT2D eigenvalue weighted by atomic mass is 32.2. The van der Waals surface area contributed by atoms with Gasteiger partial charge >= 0.3 is 6.09 Å². The summed E-state index contributed by atoms with van der Waals surface area (Å²) in [6.45, 7) is 7.07. The topological polar surface area (TPSA) is 59.0 Å². The lowest BCUT2D eigenvalue weighted by Gasteiger charge is -2.53. The van der Waals surface area contributed by atoms with Gasteiger partial charge in [0.05, 0.1) is 18.7 Å². The number of amides is 1. The van der Waals surface area contributed by atoms with Crippen molar-refractivity contribution in [3.63, 3.8) is 0 Å². The van der Waals surface area contributed by atoms with Crippen molar-refractivity contribution in [3.05, 3.63) is 0 Å². The van der Waals surface area contributed by atoms with Gasteiger partial charge in [0.15, 0.2) is 0 Å². The summed E-state index contributed by atoms with van der Waals surface area (Å²) in [5.41, 5.74) is -1.29. The van der Waals surface area contributed by atoms with Crippen molar-refractivity contribution in [2.24, 2.45) is 5.92 Å². The molecule has 0 aliphatic carbocycles. The van der Waals surface area contributed by atoms with Crippen LogP contribution in [0.1, 0.15) is 40.0 Å². The Morgan fingerprint density at radius 3 is 2.73 bits per heavy atom. The van der Waals surface area contributed by atoms with Crippen molar-refractivity contribution >= 4 is 17.9 Å². The molecule has 1 spiro atoms. The SMILES string of the molecule is CC(C)(C)OC(=O)N1CC(O)(C2CCOC3(CCSC3)C2)C1. The standard InChI is InChI=1S/C16H27NO4S/c1-14(2,3)21-13(18)17-9-16(19,10-17)12-4-6-20-15(8-12)5-7-22-11-15/h12,19H,4-11H2,1-3H3. The molecule has 3 aliphatic heterocycles. The zero-order valence-corrected chi connectivity index (χ0v) is 14.6. The minimum atomic E-state index is -0.763. The molecule has 3 saturated heterocycles. The number of β-amino-alcohol motifs (C(OH)–C–C–N with tert-alkyl or cyclic N) is 1. The smallest absolute Gasteiger partial charge is 0.410 e. The minimum Gasteiger partial charge on any atom is -0.444 e. The monoisotopic (exact) mass is 329 g/mol. The first kappa shape index (κ1) is 16.4. The van der Waals surface area contributed by atoms with E-state index < -0.39 is 11.2 Å². The molecule has 3 heterocycles. The highest BCUT2D eigenvalue weighted by Crippen LogP contribution is 2.45. The van der Waals surface area contributed by atoms with Crippen LogP contribution in [0, 0.1) is 5.92 Å². The van der Waals surface area contributed by atoms with E-state index >= 15 is 0 Å². The lowest BCUT2D eigenvalue weighted by Crippen LogP contribution is -2.68. The van der Waals surface area contributed by atoms with Gasteiger partial charge in [-0.1, -0.05) is 0 Å². The van der Waals surface area contributed by atoms with Gasteiger partial charge in [0, 0.05) is 12.4 Å². The summed E-state index contributed by atoms with van der Waals surface area (Å²) >= 11 is 1.94. The normalized spacial score (nSPS) is 34.5. The fraction of sp³-hybridized carbons (Fsp3) is 0.938. The predicted molar refractivity (Wildman–Crippen MR) is 86.1 cm³/mol. The second-order valence-electron chi connectivity index (χ2n) is 7.96. The molecule has 1 N–H and O–H groups in total. The second kappa shape index (κ2) is 5.56. The van der Waals surface area contributed by atoms with Crippen LogP contribution in [0.25, 0.3) is 0 Å². The lowest BCUT2D eigenvalue weighted by molar-refractivity contribution is -0.178. The largest absolute Gasteiger partial charge is 0.444 e. The van der Waals surface area contributed by atoms with Crippen LogP contribution in [0.4, 0.5) is 4.79 Å². The van der Waals surface area contributed by atoms with Crippen LogP contribution in [0.15, 0.2) is 0 Å². The molecule has 0 aromatic heterocycles. The summed E-state index contributed by atoms with van der Waals surface area (Å²) in [4.78, 5) is 13.6. The van der Waals surface area contributed by atoms with Gasteiger partial charge in [-0.25, -0.2) is 4.79 Å². The van der Waals surface area contributed by atoms with Crippen molar-refractivity contribution in [2.75, 3.05) is 31.2 Å². The van der Waals surface area contributed by atoms with Gasteiger partial charge in [0.2, 0.25) is 0 Å². The molecular formula is C16H27NO4S. The molecule has 0 bridgehead atoms. The van der Waals surface area contributed by atoms with Crippen LogP contribution in [-0.4, -0.2) is 64.1 Å². The summed E-state index contributed by atoms with van der Waals surface area (Å²) < 4.78 is 11.4. The number of carbonyl (C=O) groups is 1. The summed E-state index contributed by atoms with van der Waals surface area (Å²) in [6, 6.07) is 0. The fourth-order valence-corrected chi connectivity index (χ4v) is 5.06. The van der Waals surface area contributed by atoms with E-state index in [-0.39, 0.29) is 17.6 Å². The van der Waals surface area contributed by atoms with E-state index in [4.69, 9.17) is 9.47 Å². The molecule has 0 saturated carbocycles. The number of likely N-dealkylation sites (tertiary alicyclic amines) is 1. The van der Waals surface area contributed by atoms with E-state index in [0.29, 0.717) is 13.1 Å². The fourth-order valence-electron chi connectivity index (χ4n) is 3.68. The minimum absolute atomic E-state index is 0.0321. The van der Waals surface area contributed by atoms with E-state index in [1.165, 1.54) is 0 Å². The average molecular weight is 329 g/mol. The Balaban J connectivity index is 1.56. The molecule has 5 nitrogen and oxygen atoms in total. The molecule has 3 aliphatic rings. The highest BCUT2D eigenvalue weighted by molar-refractivity contribution is 7.99. The molecule has 0 radical (unpaired) electrons. The predicted octanol–water partition coefficient (Wildman–Crippen LogP) is 2.27. The quantitative estimate of drug-likeness (QED) is 0.800. The van der Waals surface area contributed by atoms with Gasteiger partial charge in [-0.05, 0) is 51.7 Å². The zero-order valence-electron chi connectivity index (χ0n) is 13.8. The molecular weight excluding hydrogens is 302 g/mol. The van der Waals surface area contributed by atoms with E-state index in [1.807, 2.05) is 32.5 Å². The lowest BCUT2D eigenvalue weighted by atomic mass is 9.72. The van der Waals surface area contributed by atoms with Gasteiger partial charge in [-0.3, -0.25) is 0 Å². The molecule has 3 rings (SSSR count). The maximum Gasteiger partial charge on any atom is 0.410 e. The Hall–Kier alpha value is -0.460. The molecule has 2 unspecified atom stereocenters. The van der Waals surface area contributed by atoms with Gasteiger partial charge in [-0.15, -0.1) is 0 Å². The van der Waals surface area contributed by atoms with Gasteiger partial charge in [0.1, 0.15) is 11.2 Å². The van der Waals surface area contributed by atoms with Gasteiger partial charge < -0.3 is 19.5 Å². The molecule has 3 fully saturated rings. The average Bonchev–Trinajstić information content (AvgIpc) is 2.81. The first-order valence-electron chi connectivity index (χ1n) is 8.14. The maximum atomic E-state index is 12.0. The first-order chi connectivity index (χ1) is 10.2. The van der Waals surface area contributed by atoms with E-state index in [9.17, 15) is 9.90 Å². The number of ether oxygens (including phenoxy) is 2. The van der Waals surface area contributed by atoms with Crippen LogP contribution in [0.5, 0.6) is 0 Å². The third-order valence-electron chi connectivity index (χ3n) is 4.90. The molecule has 22 heavy (non-hydrogen) atoms. The third kappa shape index (κ3) is 3.24. The van der Waals surface area contributed by atoms with E-state index in [0.717, 1.165) is 37.4 Å². The summed E-state index contributed by atoms with van der Waals surface area (Å²) in [5, 5.41) is 10.9. The maximum absolute atomic E-state index is 12.0. The Labute approximate surface area is 136 Å². The van der Waals surface area contributed by atoms with Crippen LogP contribution in [0.3, 0.4) is 0 Å². The molecule has 126 valence electrons. The van der Waals surface area contributed by atoms with Crippen molar-refractivity contribution in [3.8, 4) is 0 Å². The number of nitrogens with zero attached hydrogens (tertiary/aromatic N) is 1. The zero-order chi connectivity index (χ0) is 16.0. The number of thioether (sulfide) groups is 1. The van der Waals surface area contributed by atoms with Crippen molar-refractivity contribution in [1.82, 2.24) is 4.90 Å². The molecule has 2 atom stereocenters. The Morgan fingerprint density at radius 2 is 2.14 bits per heavy atom. The van der Waals surface area contributed by atoms with Crippen LogP contribution in [0.2, 0.25) is 0 Å². The van der Waals surface area contributed by atoms with E-state index in [1.54, 1.807) is 4.90 Å².